The number of non-ortho nitro benzene ring substituents is 1. The lowest BCUT2D eigenvalue weighted by Crippen LogP contribution is -2.22. The van der Waals surface area contributed by atoms with Gasteiger partial charge in [0.1, 0.15) is 11.5 Å². The number of carbonyl (C=O) groups is 1. The molecule has 0 aliphatic carbocycles. The molecular formula is C18H14FN5O3. The molecule has 1 heterocycles. The van der Waals surface area contributed by atoms with Crippen molar-refractivity contribution >= 4 is 17.3 Å². The van der Waals surface area contributed by atoms with E-state index in [0.29, 0.717) is 17.0 Å². The van der Waals surface area contributed by atoms with Gasteiger partial charge in [-0.1, -0.05) is 0 Å². The highest BCUT2D eigenvalue weighted by atomic mass is 19.1. The van der Waals surface area contributed by atoms with E-state index in [1.807, 2.05) is 0 Å². The second-order valence-electron chi connectivity index (χ2n) is 5.57. The molecule has 0 radical (unpaired) electrons. The van der Waals surface area contributed by atoms with E-state index >= 15 is 0 Å². The van der Waals surface area contributed by atoms with E-state index in [0.717, 1.165) is 0 Å². The number of carbonyl (C=O) groups excluding carboxylic acids is 1. The van der Waals surface area contributed by atoms with Crippen LogP contribution in [0.25, 0.3) is 5.69 Å². The molecule has 3 rings (SSSR count). The van der Waals surface area contributed by atoms with Crippen LogP contribution in [0.15, 0.2) is 66.2 Å². The number of aromatic nitrogens is 2. The smallest absolute Gasteiger partial charge is 0.289 e. The number of nitrogens with one attached hydrogen (secondary N) is 1. The third-order valence-electron chi connectivity index (χ3n) is 3.80. The number of rotatable bonds is 5. The molecule has 0 saturated heterocycles. The third-order valence-corrected chi connectivity index (χ3v) is 3.80. The van der Waals surface area contributed by atoms with E-state index in [-0.39, 0.29) is 17.2 Å². The molecule has 0 bridgehead atoms. The van der Waals surface area contributed by atoms with Gasteiger partial charge in [0.05, 0.1) is 23.2 Å². The highest BCUT2D eigenvalue weighted by Gasteiger charge is 2.13. The highest BCUT2D eigenvalue weighted by molar-refractivity contribution is 6.00. The fourth-order valence-electron chi connectivity index (χ4n) is 2.35. The molecule has 1 amide bonds. The first-order valence-corrected chi connectivity index (χ1v) is 7.83. The normalized spacial score (nSPS) is 11.3. The third kappa shape index (κ3) is 4.03. The van der Waals surface area contributed by atoms with Gasteiger partial charge in [-0.15, -0.1) is 0 Å². The summed E-state index contributed by atoms with van der Waals surface area (Å²) in [6, 6.07) is 11.4. The summed E-state index contributed by atoms with van der Waals surface area (Å²) in [7, 11) is 0. The summed E-state index contributed by atoms with van der Waals surface area (Å²) in [5, 5.41) is 14.7. The second kappa shape index (κ2) is 7.56. The minimum atomic E-state index is -0.502. The summed E-state index contributed by atoms with van der Waals surface area (Å²) in [6.45, 7) is 1.67. The first-order valence-electron chi connectivity index (χ1n) is 7.83. The van der Waals surface area contributed by atoms with Crippen LogP contribution in [-0.4, -0.2) is 26.1 Å². The van der Waals surface area contributed by atoms with Crippen molar-refractivity contribution < 1.29 is 14.1 Å². The Labute approximate surface area is 153 Å². The van der Waals surface area contributed by atoms with Crippen molar-refractivity contribution in [2.75, 3.05) is 0 Å². The summed E-state index contributed by atoms with van der Waals surface area (Å²) in [5.41, 5.74) is 4.31. The molecule has 0 aliphatic rings. The monoisotopic (exact) mass is 367 g/mol. The Morgan fingerprint density at radius 1 is 1.19 bits per heavy atom. The van der Waals surface area contributed by atoms with Crippen molar-refractivity contribution in [3.05, 3.63) is 88.2 Å². The zero-order valence-electron chi connectivity index (χ0n) is 14.2. The zero-order chi connectivity index (χ0) is 19.4. The molecule has 0 atom stereocenters. The lowest BCUT2D eigenvalue weighted by Gasteiger charge is -2.07. The van der Waals surface area contributed by atoms with Crippen molar-refractivity contribution in [3.63, 3.8) is 0 Å². The molecule has 0 saturated carbocycles. The molecule has 0 spiro atoms. The Balaban J connectivity index is 1.76. The molecule has 1 N–H and O–H groups in total. The van der Waals surface area contributed by atoms with Gasteiger partial charge < -0.3 is 0 Å². The first kappa shape index (κ1) is 17.9. The second-order valence-corrected chi connectivity index (χ2v) is 5.57. The van der Waals surface area contributed by atoms with Gasteiger partial charge in [0, 0.05) is 17.8 Å². The minimum Gasteiger partial charge on any atom is -0.295 e. The standard InChI is InChI=1S/C18H14FN5O3/c1-12(13-2-6-16(7-3-13)24(26)27)21-22-18(25)17-10-20-11-23(17)15-8-4-14(19)5-9-15/h2-11H,1H3,(H,22,25)/b21-12+. The van der Waals surface area contributed by atoms with Crippen LogP contribution in [0.1, 0.15) is 23.0 Å². The maximum Gasteiger partial charge on any atom is 0.289 e. The quantitative estimate of drug-likeness (QED) is 0.425. The summed E-state index contributed by atoms with van der Waals surface area (Å²) in [5.74, 6) is -0.883. The fraction of sp³-hybridized carbons (Fsp3) is 0.0556. The molecule has 2 aromatic carbocycles. The minimum absolute atomic E-state index is 0.0289. The summed E-state index contributed by atoms with van der Waals surface area (Å²) in [4.78, 5) is 26.5. The van der Waals surface area contributed by atoms with E-state index in [4.69, 9.17) is 0 Å². The fourth-order valence-corrected chi connectivity index (χ4v) is 2.35. The van der Waals surface area contributed by atoms with E-state index < -0.39 is 10.8 Å². The van der Waals surface area contributed by atoms with Crippen molar-refractivity contribution in [1.82, 2.24) is 15.0 Å². The van der Waals surface area contributed by atoms with E-state index in [1.165, 1.54) is 53.5 Å². The number of nitro benzene ring substituents is 1. The number of hydrogen-bond acceptors (Lipinski definition) is 5. The van der Waals surface area contributed by atoms with Crippen molar-refractivity contribution in [2.45, 2.75) is 6.92 Å². The SMILES string of the molecule is C/C(=N\NC(=O)c1cncn1-c1ccc(F)cc1)c1ccc([N+](=O)[O-])cc1. The molecule has 9 heteroatoms. The molecular weight excluding hydrogens is 353 g/mol. The zero-order valence-corrected chi connectivity index (χ0v) is 14.2. The molecule has 136 valence electrons. The van der Waals surface area contributed by atoms with Crippen LogP contribution in [0.5, 0.6) is 0 Å². The van der Waals surface area contributed by atoms with Crippen LogP contribution in [0.4, 0.5) is 10.1 Å². The first-order chi connectivity index (χ1) is 13.0. The van der Waals surface area contributed by atoms with Gasteiger partial charge in [-0.3, -0.25) is 19.5 Å². The van der Waals surface area contributed by atoms with Gasteiger partial charge in [0.2, 0.25) is 0 Å². The average molecular weight is 367 g/mol. The maximum absolute atomic E-state index is 13.1. The summed E-state index contributed by atoms with van der Waals surface area (Å²) < 4.78 is 14.6. The topological polar surface area (TPSA) is 102 Å². The van der Waals surface area contributed by atoms with E-state index in [1.54, 1.807) is 19.1 Å². The molecule has 0 fully saturated rings. The summed E-state index contributed by atoms with van der Waals surface area (Å²) in [6.07, 6.45) is 2.81. The summed E-state index contributed by atoms with van der Waals surface area (Å²) >= 11 is 0. The largest absolute Gasteiger partial charge is 0.295 e. The lowest BCUT2D eigenvalue weighted by molar-refractivity contribution is -0.384. The van der Waals surface area contributed by atoms with Crippen molar-refractivity contribution in [3.8, 4) is 5.69 Å². The average Bonchev–Trinajstić information content (AvgIpc) is 3.16. The lowest BCUT2D eigenvalue weighted by atomic mass is 10.1. The maximum atomic E-state index is 13.1. The molecule has 1 aromatic heterocycles. The molecule has 0 aliphatic heterocycles. The number of hydrogen-bond donors (Lipinski definition) is 1. The number of halogens is 1. The van der Waals surface area contributed by atoms with Crippen molar-refractivity contribution in [1.29, 1.82) is 0 Å². The van der Waals surface area contributed by atoms with Crippen LogP contribution in [0, 0.1) is 15.9 Å². The Bertz CT molecular complexity index is 1010. The van der Waals surface area contributed by atoms with Gasteiger partial charge in [-0.25, -0.2) is 14.8 Å². The predicted molar refractivity (Wildman–Crippen MR) is 96.3 cm³/mol. The van der Waals surface area contributed by atoms with E-state index in [9.17, 15) is 19.3 Å². The van der Waals surface area contributed by atoms with Crippen LogP contribution in [0.2, 0.25) is 0 Å². The number of nitrogens with zero attached hydrogens (tertiary/aromatic N) is 4. The molecule has 0 unspecified atom stereocenters. The number of benzene rings is 2. The Kier molecular flexibility index (Phi) is 5.02. The number of amides is 1. The molecule has 8 nitrogen and oxygen atoms in total. The van der Waals surface area contributed by atoms with E-state index in [2.05, 4.69) is 15.5 Å². The highest BCUT2D eigenvalue weighted by Crippen LogP contribution is 2.14. The van der Waals surface area contributed by atoms with Crippen molar-refractivity contribution in [2.24, 2.45) is 5.10 Å². The Hall–Kier alpha value is -3.88. The number of imidazole rings is 1. The van der Waals surface area contributed by atoms with Gasteiger partial charge in [0.25, 0.3) is 11.6 Å². The van der Waals surface area contributed by atoms with Gasteiger partial charge in [0.15, 0.2) is 0 Å². The Morgan fingerprint density at radius 2 is 1.85 bits per heavy atom. The van der Waals surface area contributed by atoms with Crippen LogP contribution < -0.4 is 5.43 Å². The predicted octanol–water partition coefficient (Wildman–Crippen LogP) is 3.07. The van der Waals surface area contributed by atoms with Gasteiger partial charge in [-0.05, 0) is 48.9 Å². The number of hydrazone groups is 1. The van der Waals surface area contributed by atoms with Crippen LogP contribution in [0.3, 0.4) is 0 Å². The van der Waals surface area contributed by atoms with Gasteiger partial charge >= 0.3 is 0 Å². The Morgan fingerprint density at radius 3 is 2.48 bits per heavy atom. The van der Waals surface area contributed by atoms with Gasteiger partial charge in [-0.2, -0.15) is 5.10 Å². The van der Waals surface area contributed by atoms with Crippen LogP contribution >= 0.6 is 0 Å². The number of nitro groups is 1. The molecule has 27 heavy (non-hydrogen) atoms. The van der Waals surface area contributed by atoms with Crippen LogP contribution in [-0.2, 0) is 0 Å². The molecule has 3 aromatic rings.